The fourth-order valence-corrected chi connectivity index (χ4v) is 3.37. The molecule has 4 rings (SSSR count). The van der Waals surface area contributed by atoms with Crippen LogP contribution in [-0.2, 0) is 11.3 Å². The van der Waals surface area contributed by atoms with Gasteiger partial charge in [0.05, 0.1) is 11.6 Å². The van der Waals surface area contributed by atoms with Gasteiger partial charge in [0.15, 0.2) is 17.3 Å². The van der Waals surface area contributed by atoms with Crippen molar-refractivity contribution in [3.05, 3.63) is 41.6 Å². The van der Waals surface area contributed by atoms with E-state index >= 15 is 0 Å². The average molecular weight is 340 g/mol. The van der Waals surface area contributed by atoms with Gasteiger partial charge < -0.3 is 9.64 Å². The van der Waals surface area contributed by atoms with Gasteiger partial charge >= 0.3 is 0 Å². The minimum atomic E-state index is -0.140. The lowest BCUT2D eigenvalue weighted by atomic mass is 10.0. The number of methoxy groups -OCH3 is 1. The van der Waals surface area contributed by atoms with Crippen molar-refractivity contribution in [2.75, 3.05) is 13.7 Å². The predicted octanol–water partition coefficient (Wildman–Crippen LogP) is 2.19. The minimum Gasteiger partial charge on any atom is -0.377 e. The summed E-state index contributed by atoms with van der Waals surface area (Å²) in [5, 5.41) is 15.2. The van der Waals surface area contributed by atoms with Crippen LogP contribution in [0.1, 0.15) is 47.4 Å². The molecule has 1 saturated heterocycles. The van der Waals surface area contributed by atoms with Crippen LogP contribution in [0.5, 0.6) is 0 Å². The van der Waals surface area contributed by atoms with Crippen molar-refractivity contribution in [1.82, 2.24) is 30.3 Å². The summed E-state index contributed by atoms with van der Waals surface area (Å²) in [6.07, 6.45) is 2.86. The van der Waals surface area contributed by atoms with Crippen molar-refractivity contribution in [2.45, 2.75) is 31.9 Å². The number of H-pyrrole nitrogens is 2. The Morgan fingerprint density at radius 3 is 3.04 bits per heavy atom. The van der Waals surface area contributed by atoms with E-state index in [9.17, 15) is 4.79 Å². The number of para-hydroxylation sites is 1. The topological polar surface area (TPSA) is 99.8 Å². The maximum atomic E-state index is 13.1. The van der Waals surface area contributed by atoms with Crippen LogP contribution < -0.4 is 0 Å². The number of piperidine rings is 1. The van der Waals surface area contributed by atoms with Gasteiger partial charge in [0.2, 0.25) is 0 Å². The number of carbonyl (C=O) groups is 1. The summed E-state index contributed by atoms with van der Waals surface area (Å²) >= 11 is 0. The molecule has 25 heavy (non-hydrogen) atoms. The quantitative estimate of drug-likeness (QED) is 0.758. The highest BCUT2D eigenvalue weighted by atomic mass is 16.5. The Kier molecular flexibility index (Phi) is 4.19. The number of hydrogen-bond acceptors (Lipinski definition) is 5. The van der Waals surface area contributed by atoms with Gasteiger partial charge in [0, 0.05) is 19.0 Å². The summed E-state index contributed by atoms with van der Waals surface area (Å²) in [5.41, 5.74) is 1.31. The number of rotatable bonds is 4. The predicted molar refractivity (Wildman–Crippen MR) is 90.8 cm³/mol. The summed E-state index contributed by atoms with van der Waals surface area (Å²) in [7, 11) is 1.61. The van der Waals surface area contributed by atoms with E-state index in [-0.39, 0.29) is 11.9 Å². The molecule has 0 bridgehead atoms. The standard InChI is InChI=1S/C17H20N6O2/c1-25-10-14-18-16(22-20-14)13-8-4-5-9-23(13)17(24)15-11-6-2-3-7-12(11)19-21-15/h2-3,6-7,13H,4-5,8-10H2,1H3,(H,19,21)(H,18,20,22). The number of fused-ring (bicyclic) bond motifs is 1. The third kappa shape index (κ3) is 2.89. The molecule has 8 nitrogen and oxygen atoms in total. The zero-order valence-corrected chi connectivity index (χ0v) is 14.0. The summed E-state index contributed by atoms with van der Waals surface area (Å²) in [5.74, 6) is 1.22. The molecule has 3 heterocycles. The SMILES string of the molecule is COCc1nc(C2CCCCN2C(=O)c2n[nH]c3ccccc23)n[nH]1. The lowest BCUT2D eigenvalue weighted by molar-refractivity contribution is 0.0596. The van der Waals surface area contributed by atoms with Crippen molar-refractivity contribution in [2.24, 2.45) is 0 Å². The maximum Gasteiger partial charge on any atom is 0.275 e. The number of nitrogens with one attached hydrogen (secondary N) is 2. The largest absolute Gasteiger partial charge is 0.377 e. The third-order valence-electron chi connectivity index (χ3n) is 4.56. The van der Waals surface area contributed by atoms with E-state index in [2.05, 4.69) is 25.4 Å². The number of carbonyl (C=O) groups excluding carboxylic acids is 1. The molecule has 1 aromatic carbocycles. The third-order valence-corrected chi connectivity index (χ3v) is 4.56. The molecular formula is C17H20N6O2. The number of benzene rings is 1. The van der Waals surface area contributed by atoms with Crippen molar-refractivity contribution in [3.8, 4) is 0 Å². The van der Waals surface area contributed by atoms with E-state index in [4.69, 9.17) is 4.74 Å². The lowest BCUT2D eigenvalue weighted by Gasteiger charge is -2.33. The van der Waals surface area contributed by atoms with Gasteiger partial charge in [-0.15, -0.1) is 0 Å². The van der Waals surface area contributed by atoms with Gasteiger partial charge in [0.1, 0.15) is 6.61 Å². The van der Waals surface area contributed by atoms with E-state index in [1.54, 1.807) is 7.11 Å². The van der Waals surface area contributed by atoms with Crippen LogP contribution in [0.3, 0.4) is 0 Å². The molecule has 8 heteroatoms. The van der Waals surface area contributed by atoms with Gasteiger partial charge in [-0.05, 0) is 25.3 Å². The van der Waals surface area contributed by atoms with Crippen molar-refractivity contribution >= 4 is 16.8 Å². The van der Waals surface area contributed by atoms with Crippen LogP contribution in [0, 0.1) is 0 Å². The van der Waals surface area contributed by atoms with E-state index in [0.717, 1.165) is 30.2 Å². The molecule has 130 valence electrons. The summed E-state index contributed by atoms with van der Waals surface area (Å²) in [6.45, 7) is 1.05. The number of ether oxygens (including phenoxy) is 1. The normalized spacial score (nSPS) is 18.0. The van der Waals surface area contributed by atoms with Gasteiger partial charge in [0.25, 0.3) is 5.91 Å². The van der Waals surface area contributed by atoms with Gasteiger partial charge in [-0.2, -0.15) is 10.2 Å². The zero-order valence-electron chi connectivity index (χ0n) is 14.0. The molecule has 0 aliphatic carbocycles. The summed E-state index contributed by atoms with van der Waals surface area (Å²) in [4.78, 5) is 19.5. The smallest absolute Gasteiger partial charge is 0.275 e. The molecule has 0 radical (unpaired) electrons. The average Bonchev–Trinajstić information content (AvgIpc) is 3.28. The summed E-state index contributed by atoms with van der Waals surface area (Å²) < 4.78 is 5.08. The fraction of sp³-hybridized carbons (Fsp3) is 0.412. The minimum absolute atomic E-state index is 0.0831. The highest BCUT2D eigenvalue weighted by Gasteiger charge is 2.33. The Balaban J connectivity index is 1.65. The highest BCUT2D eigenvalue weighted by molar-refractivity contribution is 6.04. The van der Waals surface area contributed by atoms with Crippen LogP contribution in [0.4, 0.5) is 0 Å². The first-order valence-electron chi connectivity index (χ1n) is 8.42. The van der Waals surface area contributed by atoms with Gasteiger partial charge in [-0.25, -0.2) is 4.98 Å². The van der Waals surface area contributed by atoms with Crippen LogP contribution in [0.2, 0.25) is 0 Å². The molecule has 1 aliphatic heterocycles. The zero-order chi connectivity index (χ0) is 17.2. The Hall–Kier alpha value is -2.74. The second-order valence-electron chi connectivity index (χ2n) is 6.20. The second kappa shape index (κ2) is 6.64. The van der Waals surface area contributed by atoms with Crippen molar-refractivity contribution in [3.63, 3.8) is 0 Å². The van der Waals surface area contributed by atoms with Gasteiger partial charge in [-0.1, -0.05) is 18.2 Å². The highest BCUT2D eigenvalue weighted by Crippen LogP contribution is 2.31. The number of aromatic amines is 2. The number of likely N-dealkylation sites (tertiary alicyclic amines) is 1. The van der Waals surface area contributed by atoms with Crippen LogP contribution >= 0.6 is 0 Å². The van der Waals surface area contributed by atoms with Crippen molar-refractivity contribution < 1.29 is 9.53 Å². The molecule has 2 N–H and O–H groups in total. The molecule has 1 unspecified atom stereocenters. The summed E-state index contributed by atoms with van der Waals surface area (Å²) in [6, 6.07) is 7.52. The van der Waals surface area contributed by atoms with E-state index < -0.39 is 0 Å². The lowest BCUT2D eigenvalue weighted by Crippen LogP contribution is -2.39. The van der Waals surface area contributed by atoms with Crippen LogP contribution in [0.15, 0.2) is 24.3 Å². The number of amides is 1. The molecule has 0 saturated carbocycles. The van der Waals surface area contributed by atoms with Crippen LogP contribution in [-0.4, -0.2) is 49.8 Å². The fourth-order valence-electron chi connectivity index (χ4n) is 3.37. The monoisotopic (exact) mass is 340 g/mol. The number of aromatic nitrogens is 5. The van der Waals surface area contributed by atoms with E-state index in [0.29, 0.717) is 30.5 Å². The first kappa shape index (κ1) is 15.8. The Labute approximate surface area is 144 Å². The Bertz CT molecular complexity index is 886. The Morgan fingerprint density at radius 1 is 1.28 bits per heavy atom. The van der Waals surface area contributed by atoms with Crippen LogP contribution in [0.25, 0.3) is 10.9 Å². The van der Waals surface area contributed by atoms with Gasteiger partial charge in [-0.3, -0.25) is 15.0 Å². The molecule has 3 aromatic rings. The molecule has 2 aromatic heterocycles. The molecule has 1 fully saturated rings. The molecule has 0 spiro atoms. The molecule has 1 aliphatic rings. The van der Waals surface area contributed by atoms with E-state index in [1.807, 2.05) is 29.2 Å². The number of hydrogen-bond donors (Lipinski definition) is 2. The maximum absolute atomic E-state index is 13.1. The molecular weight excluding hydrogens is 320 g/mol. The second-order valence-corrected chi connectivity index (χ2v) is 6.20. The number of nitrogens with zero attached hydrogens (tertiary/aromatic N) is 4. The molecule has 1 atom stereocenters. The van der Waals surface area contributed by atoms with E-state index in [1.165, 1.54) is 0 Å². The van der Waals surface area contributed by atoms with Crippen molar-refractivity contribution in [1.29, 1.82) is 0 Å². The molecule has 1 amide bonds. The Morgan fingerprint density at radius 2 is 2.16 bits per heavy atom. The first-order valence-corrected chi connectivity index (χ1v) is 8.42. The first-order chi connectivity index (χ1) is 12.3.